The van der Waals surface area contributed by atoms with E-state index >= 15 is 0 Å². The van der Waals surface area contributed by atoms with Gasteiger partial charge in [0.05, 0.1) is 17.1 Å². The van der Waals surface area contributed by atoms with Gasteiger partial charge in [-0.15, -0.1) is 0 Å². The second kappa shape index (κ2) is 3.07. The number of rotatable bonds is 0. The van der Waals surface area contributed by atoms with Gasteiger partial charge in [-0.05, 0) is 6.07 Å². The number of benzene rings is 1. The zero-order valence-corrected chi connectivity index (χ0v) is 9.25. The Bertz CT molecular complexity index is 584. The van der Waals surface area contributed by atoms with Crippen LogP contribution >= 0.6 is 11.6 Å². The minimum atomic E-state index is -1.49. The molecule has 0 aliphatic carbocycles. The van der Waals surface area contributed by atoms with Crippen LogP contribution in [0.5, 0.6) is 0 Å². The lowest BCUT2D eigenvalue weighted by Gasteiger charge is -2.15. The molecule has 3 rings (SSSR count). The third kappa shape index (κ3) is 1.12. The molecule has 85 valence electrons. The van der Waals surface area contributed by atoms with Crippen molar-refractivity contribution in [1.29, 1.82) is 0 Å². The summed E-state index contributed by atoms with van der Waals surface area (Å²) in [5.41, 5.74) is -0.649. The van der Waals surface area contributed by atoms with Crippen LogP contribution in [0.3, 0.4) is 0 Å². The van der Waals surface area contributed by atoms with Crippen LogP contribution in [0.15, 0.2) is 18.2 Å². The highest BCUT2D eigenvalue weighted by Gasteiger charge is 2.59. The SMILES string of the molecule is O=C1CC2(C(=O)[N]1)C(=O)Nc1c(Cl)cccc12. The maximum absolute atomic E-state index is 12.0. The van der Waals surface area contributed by atoms with Crippen LogP contribution in [0.25, 0.3) is 0 Å². The van der Waals surface area contributed by atoms with Gasteiger partial charge in [-0.2, -0.15) is 5.32 Å². The van der Waals surface area contributed by atoms with Crippen molar-refractivity contribution < 1.29 is 14.4 Å². The minimum absolute atomic E-state index is 0.217. The molecule has 1 aromatic carbocycles. The maximum Gasteiger partial charge on any atom is 0.269 e. The van der Waals surface area contributed by atoms with E-state index < -0.39 is 23.1 Å². The van der Waals surface area contributed by atoms with Crippen molar-refractivity contribution in [3.8, 4) is 0 Å². The first-order chi connectivity index (χ1) is 8.05. The van der Waals surface area contributed by atoms with Gasteiger partial charge in [-0.25, -0.2) is 0 Å². The summed E-state index contributed by atoms with van der Waals surface area (Å²) in [4.78, 5) is 35.0. The molecule has 0 aromatic heterocycles. The van der Waals surface area contributed by atoms with E-state index in [0.29, 0.717) is 16.3 Å². The van der Waals surface area contributed by atoms with Crippen molar-refractivity contribution in [2.75, 3.05) is 5.32 Å². The van der Waals surface area contributed by atoms with Crippen LogP contribution in [0, 0.1) is 0 Å². The minimum Gasteiger partial charge on any atom is -0.323 e. The molecule has 1 aromatic rings. The molecule has 1 atom stereocenters. The van der Waals surface area contributed by atoms with Crippen molar-refractivity contribution in [3.05, 3.63) is 28.8 Å². The molecule has 0 saturated carbocycles. The van der Waals surface area contributed by atoms with Crippen molar-refractivity contribution in [2.45, 2.75) is 11.8 Å². The van der Waals surface area contributed by atoms with Gasteiger partial charge in [0.2, 0.25) is 5.91 Å². The van der Waals surface area contributed by atoms with E-state index in [-0.39, 0.29) is 6.42 Å². The van der Waals surface area contributed by atoms with Crippen molar-refractivity contribution in [1.82, 2.24) is 5.32 Å². The molecule has 6 heteroatoms. The molecule has 1 radical (unpaired) electrons. The molecule has 3 amide bonds. The topological polar surface area (TPSA) is 77.3 Å². The molecule has 1 N–H and O–H groups in total. The summed E-state index contributed by atoms with van der Waals surface area (Å²) >= 11 is 5.94. The zero-order chi connectivity index (χ0) is 12.2. The van der Waals surface area contributed by atoms with E-state index in [2.05, 4.69) is 10.6 Å². The number of para-hydroxylation sites is 1. The van der Waals surface area contributed by atoms with Crippen molar-refractivity contribution in [2.24, 2.45) is 0 Å². The Morgan fingerprint density at radius 3 is 2.71 bits per heavy atom. The highest BCUT2D eigenvalue weighted by Crippen LogP contribution is 2.45. The molecule has 2 aliphatic heterocycles. The Kier molecular flexibility index (Phi) is 1.86. The fourth-order valence-electron chi connectivity index (χ4n) is 2.29. The maximum atomic E-state index is 12.0. The van der Waals surface area contributed by atoms with Crippen molar-refractivity contribution in [3.63, 3.8) is 0 Å². The Morgan fingerprint density at radius 1 is 1.29 bits per heavy atom. The van der Waals surface area contributed by atoms with Gasteiger partial charge in [0.1, 0.15) is 0 Å². The van der Waals surface area contributed by atoms with E-state index in [4.69, 9.17) is 11.6 Å². The van der Waals surface area contributed by atoms with Crippen LogP contribution in [0.2, 0.25) is 5.02 Å². The molecule has 1 spiro atoms. The summed E-state index contributed by atoms with van der Waals surface area (Å²) in [6, 6.07) is 4.86. The van der Waals surface area contributed by atoms with E-state index in [1.807, 2.05) is 0 Å². The summed E-state index contributed by atoms with van der Waals surface area (Å²) in [5, 5.41) is 6.21. The van der Waals surface area contributed by atoms with Gasteiger partial charge < -0.3 is 5.32 Å². The number of halogens is 1. The number of hydrogen-bond donors (Lipinski definition) is 1. The third-order valence-corrected chi connectivity index (χ3v) is 3.42. The lowest BCUT2D eigenvalue weighted by molar-refractivity contribution is -0.132. The Labute approximate surface area is 101 Å². The molecule has 1 fully saturated rings. The van der Waals surface area contributed by atoms with Gasteiger partial charge in [0.25, 0.3) is 11.8 Å². The summed E-state index contributed by atoms with van der Waals surface area (Å²) in [7, 11) is 0. The molecule has 1 saturated heterocycles. The first-order valence-corrected chi connectivity index (χ1v) is 5.33. The average molecular weight is 250 g/mol. The molecular weight excluding hydrogens is 244 g/mol. The normalized spacial score (nSPS) is 26.1. The standard InChI is InChI=1S/C11H6ClN2O3/c12-6-3-1-2-5-8(6)14-10(17)11(5)4-7(15)13-9(11)16/h1-3H,4H2,(H,14,17). The van der Waals surface area contributed by atoms with E-state index in [1.165, 1.54) is 0 Å². The van der Waals surface area contributed by atoms with Crippen LogP contribution in [-0.2, 0) is 19.8 Å². The van der Waals surface area contributed by atoms with Gasteiger partial charge >= 0.3 is 0 Å². The molecule has 5 nitrogen and oxygen atoms in total. The number of imide groups is 1. The van der Waals surface area contributed by atoms with E-state index in [9.17, 15) is 14.4 Å². The number of hydrogen-bond acceptors (Lipinski definition) is 3. The summed E-state index contributed by atoms with van der Waals surface area (Å²) in [5.74, 6) is -1.81. The number of amides is 3. The molecule has 2 heterocycles. The van der Waals surface area contributed by atoms with Crippen LogP contribution in [-0.4, -0.2) is 17.7 Å². The monoisotopic (exact) mass is 249 g/mol. The predicted molar refractivity (Wildman–Crippen MR) is 58.5 cm³/mol. The highest BCUT2D eigenvalue weighted by molar-refractivity contribution is 6.37. The van der Waals surface area contributed by atoms with Gasteiger partial charge in [0, 0.05) is 5.56 Å². The second-order valence-corrected chi connectivity index (χ2v) is 4.42. The lowest BCUT2D eigenvalue weighted by Crippen LogP contribution is -2.40. The molecule has 0 bridgehead atoms. The summed E-state index contributed by atoms with van der Waals surface area (Å²) in [6.45, 7) is 0. The number of carbonyl (C=O) groups excluding carboxylic acids is 3. The number of carbonyl (C=O) groups is 3. The van der Waals surface area contributed by atoms with E-state index in [0.717, 1.165) is 0 Å². The fraction of sp³-hybridized carbons (Fsp3) is 0.182. The first-order valence-electron chi connectivity index (χ1n) is 4.95. The quantitative estimate of drug-likeness (QED) is 0.540. The summed E-state index contributed by atoms with van der Waals surface area (Å²) < 4.78 is 0. The number of nitrogens with one attached hydrogen (secondary N) is 1. The van der Waals surface area contributed by atoms with Gasteiger partial charge in [-0.1, -0.05) is 23.7 Å². The van der Waals surface area contributed by atoms with Crippen molar-refractivity contribution >= 4 is 35.0 Å². The van der Waals surface area contributed by atoms with E-state index in [1.54, 1.807) is 18.2 Å². The number of anilines is 1. The van der Waals surface area contributed by atoms with Gasteiger partial charge in [-0.3, -0.25) is 14.4 Å². The number of nitrogens with zero attached hydrogens (tertiary/aromatic N) is 1. The average Bonchev–Trinajstić information content (AvgIpc) is 2.71. The molecular formula is C11H6ClN2O3. The zero-order valence-electron chi connectivity index (χ0n) is 8.49. The van der Waals surface area contributed by atoms with Gasteiger partial charge in [0.15, 0.2) is 5.41 Å². The molecule has 1 unspecified atom stereocenters. The largest absolute Gasteiger partial charge is 0.323 e. The summed E-state index contributed by atoms with van der Waals surface area (Å²) in [6.07, 6.45) is -0.217. The third-order valence-electron chi connectivity index (χ3n) is 3.11. The highest BCUT2D eigenvalue weighted by atomic mass is 35.5. The molecule has 17 heavy (non-hydrogen) atoms. The first kappa shape index (κ1) is 10.3. The Balaban J connectivity index is 2.28. The van der Waals surface area contributed by atoms with Crippen LogP contribution < -0.4 is 10.6 Å². The van der Waals surface area contributed by atoms with Crippen LogP contribution in [0.1, 0.15) is 12.0 Å². The smallest absolute Gasteiger partial charge is 0.269 e. The second-order valence-electron chi connectivity index (χ2n) is 4.01. The fourth-order valence-corrected chi connectivity index (χ4v) is 2.51. The molecule has 2 aliphatic rings. The lowest BCUT2D eigenvalue weighted by atomic mass is 9.80. The number of fused-ring (bicyclic) bond motifs is 2. The Hall–Kier alpha value is -1.88. The Morgan fingerprint density at radius 2 is 2.06 bits per heavy atom. The van der Waals surface area contributed by atoms with Crippen LogP contribution in [0.4, 0.5) is 5.69 Å². The predicted octanol–water partition coefficient (Wildman–Crippen LogP) is 0.591.